The summed E-state index contributed by atoms with van der Waals surface area (Å²) < 4.78 is 4.91. The Labute approximate surface area is 190 Å². The summed E-state index contributed by atoms with van der Waals surface area (Å²) in [4.78, 5) is 48.1. The number of ether oxygens (including phenoxy) is 1. The van der Waals surface area contributed by atoms with Crippen LogP contribution in [-0.4, -0.2) is 60.4 Å². The lowest BCUT2D eigenvalue weighted by molar-refractivity contribution is -0.144. The third-order valence-corrected chi connectivity index (χ3v) is 4.96. The molecule has 0 aromatic rings. The zero-order chi connectivity index (χ0) is 24.6. The minimum Gasteiger partial charge on any atom is -0.480 e. The number of carbonyl (C=O) groups is 4. The van der Waals surface area contributed by atoms with Crippen LogP contribution in [0.15, 0.2) is 0 Å². The van der Waals surface area contributed by atoms with Gasteiger partial charge in [0.25, 0.3) is 5.91 Å². The van der Waals surface area contributed by atoms with Gasteiger partial charge in [0.1, 0.15) is 6.04 Å². The number of carbonyl (C=O) groups excluding carboxylic acids is 3. The molecule has 3 atom stereocenters. The second kappa shape index (κ2) is 16.3. The summed E-state index contributed by atoms with van der Waals surface area (Å²) >= 11 is 0. The molecule has 0 saturated carbocycles. The van der Waals surface area contributed by atoms with E-state index in [0.717, 1.165) is 6.42 Å². The largest absolute Gasteiger partial charge is 0.480 e. The Hall–Kier alpha value is -2.40. The monoisotopic (exact) mass is 459 g/mol. The van der Waals surface area contributed by atoms with Gasteiger partial charge in [0.2, 0.25) is 0 Å². The van der Waals surface area contributed by atoms with Crippen LogP contribution < -0.4 is 27.4 Å². The van der Waals surface area contributed by atoms with E-state index < -0.39 is 29.6 Å². The van der Waals surface area contributed by atoms with Gasteiger partial charge in [0, 0.05) is 13.0 Å². The zero-order valence-electron chi connectivity index (χ0n) is 19.6. The average Bonchev–Trinajstić information content (AvgIpc) is 2.71. The molecule has 0 saturated heterocycles. The number of carboxylic acids is 1. The molecule has 0 bridgehead atoms. The van der Waals surface area contributed by atoms with Gasteiger partial charge < -0.3 is 37.3 Å². The predicted octanol–water partition coefficient (Wildman–Crippen LogP) is 0.809. The van der Waals surface area contributed by atoms with Gasteiger partial charge in [-0.1, -0.05) is 20.3 Å². The Morgan fingerprint density at radius 2 is 1.78 bits per heavy atom. The fraction of sp³-hybridized carbons (Fsp3) is 0.810. The number of nitrogens with one attached hydrogen (secondary N) is 3. The number of urea groups is 1. The maximum atomic E-state index is 12.7. The van der Waals surface area contributed by atoms with Crippen molar-refractivity contribution < 1.29 is 29.0 Å². The zero-order valence-corrected chi connectivity index (χ0v) is 19.6. The number of hydrogen-bond acceptors (Lipinski definition) is 7. The quantitative estimate of drug-likeness (QED) is 0.105. The lowest BCUT2D eigenvalue weighted by atomic mass is 10.0. The smallest absolute Gasteiger partial charge is 0.326 e. The van der Waals surface area contributed by atoms with E-state index >= 15 is 0 Å². The van der Waals surface area contributed by atoms with Crippen molar-refractivity contribution in [1.82, 2.24) is 16.0 Å². The van der Waals surface area contributed by atoms with E-state index in [-0.39, 0.29) is 37.7 Å². The summed E-state index contributed by atoms with van der Waals surface area (Å²) in [5, 5.41) is 16.8. The highest BCUT2D eigenvalue weighted by atomic mass is 16.5. The number of rotatable bonds is 17. The van der Waals surface area contributed by atoms with Gasteiger partial charge in [-0.3, -0.25) is 9.59 Å². The first kappa shape index (κ1) is 29.6. The lowest BCUT2D eigenvalue weighted by Gasteiger charge is -2.30. The summed E-state index contributed by atoms with van der Waals surface area (Å²) in [7, 11) is 0. The van der Waals surface area contributed by atoms with Crippen LogP contribution >= 0.6 is 0 Å². The molecular weight excluding hydrogens is 418 g/mol. The fourth-order valence-electron chi connectivity index (χ4n) is 3.03. The van der Waals surface area contributed by atoms with Gasteiger partial charge in [0.15, 0.2) is 5.66 Å². The van der Waals surface area contributed by atoms with Crippen LogP contribution in [0.2, 0.25) is 0 Å². The predicted molar refractivity (Wildman–Crippen MR) is 120 cm³/mol. The van der Waals surface area contributed by atoms with Crippen molar-refractivity contribution in [3.8, 4) is 0 Å². The summed E-state index contributed by atoms with van der Waals surface area (Å²) in [6.45, 7) is 6.55. The molecule has 0 aromatic heterocycles. The van der Waals surface area contributed by atoms with E-state index in [0.29, 0.717) is 38.8 Å². The summed E-state index contributed by atoms with van der Waals surface area (Å²) in [5.41, 5.74) is 9.95. The number of nitrogens with two attached hydrogens (primary N) is 2. The van der Waals surface area contributed by atoms with Gasteiger partial charge in [-0.25, -0.2) is 9.59 Å². The maximum absolute atomic E-state index is 12.7. The van der Waals surface area contributed by atoms with Crippen LogP contribution in [-0.2, 0) is 19.1 Å². The normalized spacial score (nSPS) is 14.5. The average molecular weight is 460 g/mol. The number of amides is 3. The number of hydrogen-bond donors (Lipinski definition) is 6. The summed E-state index contributed by atoms with van der Waals surface area (Å²) in [5.74, 6) is -2.04. The number of unbranched alkanes of at least 4 members (excludes halogenated alkanes) is 2. The van der Waals surface area contributed by atoms with Crippen LogP contribution in [0, 0.1) is 5.92 Å². The van der Waals surface area contributed by atoms with Crippen LogP contribution in [0.4, 0.5) is 4.79 Å². The highest BCUT2D eigenvalue weighted by Gasteiger charge is 2.36. The van der Waals surface area contributed by atoms with Crippen LogP contribution in [0.25, 0.3) is 0 Å². The number of esters is 1. The molecule has 0 radical (unpaired) electrons. The molecular formula is C21H41N5O6. The van der Waals surface area contributed by atoms with E-state index in [1.54, 1.807) is 6.92 Å². The van der Waals surface area contributed by atoms with E-state index in [2.05, 4.69) is 16.0 Å². The van der Waals surface area contributed by atoms with E-state index in [4.69, 9.17) is 16.2 Å². The van der Waals surface area contributed by atoms with Crippen molar-refractivity contribution in [3.63, 3.8) is 0 Å². The highest BCUT2D eigenvalue weighted by molar-refractivity contribution is 5.91. The first-order valence-corrected chi connectivity index (χ1v) is 11.3. The van der Waals surface area contributed by atoms with Crippen molar-refractivity contribution in [2.45, 2.75) is 83.8 Å². The molecule has 3 unspecified atom stereocenters. The van der Waals surface area contributed by atoms with Crippen LogP contribution in [0.5, 0.6) is 0 Å². The second-order valence-electron chi connectivity index (χ2n) is 8.01. The molecule has 11 nitrogen and oxygen atoms in total. The van der Waals surface area contributed by atoms with Gasteiger partial charge in [-0.15, -0.1) is 0 Å². The van der Waals surface area contributed by atoms with E-state index in [1.165, 1.54) is 0 Å². The Morgan fingerprint density at radius 1 is 1.09 bits per heavy atom. The fourth-order valence-corrected chi connectivity index (χ4v) is 3.03. The Bertz CT molecular complexity index is 603. The van der Waals surface area contributed by atoms with Gasteiger partial charge in [-0.05, 0) is 57.9 Å². The topological polar surface area (TPSA) is 186 Å². The molecule has 0 aliphatic rings. The standard InChI is InChI=1S/C21H41N5O6/c1-4-6-11-21(23,19(30)24-13-10-15(3)14-17(27)32-5-2)26-20(31)25-16(18(28)29)9-7-8-12-22/h15-16H,4-14,22-23H2,1-3H3,(H,24,30)(H,28,29)(H2,25,26,31). The van der Waals surface area contributed by atoms with Gasteiger partial charge in [-0.2, -0.15) is 0 Å². The Kier molecular flexibility index (Phi) is 15.0. The van der Waals surface area contributed by atoms with E-state index in [1.807, 2.05) is 13.8 Å². The first-order chi connectivity index (χ1) is 15.1. The number of aliphatic carboxylic acids is 1. The highest BCUT2D eigenvalue weighted by Crippen LogP contribution is 2.11. The molecule has 0 rings (SSSR count). The Morgan fingerprint density at radius 3 is 2.34 bits per heavy atom. The lowest BCUT2D eigenvalue weighted by Crippen LogP contribution is -2.67. The molecule has 11 heteroatoms. The Balaban J connectivity index is 4.88. The molecule has 0 aromatic carbocycles. The molecule has 0 spiro atoms. The molecule has 8 N–H and O–H groups in total. The van der Waals surface area contributed by atoms with Crippen molar-refractivity contribution in [2.75, 3.05) is 19.7 Å². The number of carboxylic acid groups (broad SMARTS) is 1. The SMILES string of the molecule is CCCCC(N)(NC(=O)NC(CCCCN)C(=O)O)C(=O)NCCC(C)CC(=O)OCC. The molecule has 0 aliphatic carbocycles. The van der Waals surface area contributed by atoms with Crippen LogP contribution in [0.1, 0.15) is 72.1 Å². The minimum absolute atomic E-state index is 0.00160. The molecule has 186 valence electrons. The van der Waals surface area contributed by atoms with Crippen LogP contribution in [0.3, 0.4) is 0 Å². The summed E-state index contributed by atoms with van der Waals surface area (Å²) in [6, 6.07) is -1.93. The minimum atomic E-state index is -1.69. The third kappa shape index (κ3) is 12.5. The third-order valence-electron chi connectivity index (χ3n) is 4.96. The van der Waals surface area contributed by atoms with Crippen molar-refractivity contribution >= 4 is 23.9 Å². The van der Waals surface area contributed by atoms with Gasteiger partial charge in [0.05, 0.1) is 6.61 Å². The molecule has 0 fully saturated rings. The van der Waals surface area contributed by atoms with E-state index in [9.17, 15) is 24.3 Å². The van der Waals surface area contributed by atoms with Gasteiger partial charge >= 0.3 is 18.0 Å². The maximum Gasteiger partial charge on any atom is 0.326 e. The molecule has 3 amide bonds. The van der Waals surface area contributed by atoms with Crippen molar-refractivity contribution in [2.24, 2.45) is 17.4 Å². The second-order valence-corrected chi connectivity index (χ2v) is 8.01. The summed E-state index contributed by atoms with van der Waals surface area (Å²) in [6.07, 6.45) is 3.70. The molecule has 32 heavy (non-hydrogen) atoms. The van der Waals surface area contributed by atoms with Crippen molar-refractivity contribution in [3.05, 3.63) is 0 Å². The molecule has 0 heterocycles. The molecule has 0 aliphatic heterocycles. The van der Waals surface area contributed by atoms with Crippen molar-refractivity contribution in [1.29, 1.82) is 0 Å². The first-order valence-electron chi connectivity index (χ1n) is 11.3.